The van der Waals surface area contributed by atoms with Crippen molar-refractivity contribution in [1.29, 1.82) is 0 Å². The number of unbranched alkanes of at least 4 members (excludes halogenated alkanes) is 1. The van der Waals surface area contributed by atoms with Crippen LogP contribution in [-0.2, 0) is 19.3 Å². The summed E-state index contributed by atoms with van der Waals surface area (Å²) >= 11 is 0. The summed E-state index contributed by atoms with van der Waals surface area (Å²) in [4.78, 5) is 0. The number of hydrogen-bond donors (Lipinski definition) is 0. The lowest BCUT2D eigenvalue weighted by Crippen LogP contribution is -2.16. The predicted octanol–water partition coefficient (Wildman–Crippen LogP) is 7.54. The second kappa shape index (κ2) is 9.97. The van der Waals surface area contributed by atoms with E-state index in [1.807, 2.05) is 6.92 Å². The molecule has 0 fully saturated rings. The molecule has 0 spiro atoms. The van der Waals surface area contributed by atoms with E-state index in [4.69, 9.17) is 0 Å². The Labute approximate surface area is 194 Å². The molecule has 0 heterocycles. The highest BCUT2D eigenvalue weighted by Gasteiger charge is 2.27. The Morgan fingerprint density at radius 1 is 0.765 bits per heavy atom. The fourth-order valence-electron chi connectivity index (χ4n) is 4.44. The standard InChI is InChI=1S/C28H22F6/c1-2-3-4-16-9-23(30)27(24(31)10-16)20-8-7-18-13-19(22(29)15-21(18)14-20)6-5-17-11-25(32)28(34)26(33)12-17/h9-13,15,20H,2-4,7-8,14H2,1H3. The summed E-state index contributed by atoms with van der Waals surface area (Å²) in [7, 11) is 0. The number of aryl methyl sites for hydroxylation is 2. The zero-order valence-electron chi connectivity index (χ0n) is 18.6. The number of hydrogen-bond acceptors (Lipinski definition) is 0. The van der Waals surface area contributed by atoms with Crippen molar-refractivity contribution in [3.05, 3.63) is 105 Å². The van der Waals surface area contributed by atoms with Crippen LogP contribution in [0.3, 0.4) is 0 Å². The third-order valence-electron chi connectivity index (χ3n) is 6.21. The van der Waals surface area contributed by atoms with Crippen LogP contribution in [0.5, 0.6) is 0 Å². The monoisotopic (exact) mass is 472 g/mol. The SMILES string of the molecule is CCCCc1cc(F)c(C2CCc3cc(C#Cc4cc(F)c(F)c(F)c4)c(F)cc3C2)c(F)c1. The van der Waals surface area contributed by atoms with Crippen LogP contribution in [0.15, 0.2) is 36.4 Å². The Bertz CT molecular complexity index is 1250. The zero-order valence-corrected chi connectivity index (χ0v) is 18.6. The summed E-state index contributed by atoms with van der Waals surface area (Å²) in [6, 6.07) is 7.10. The van der Waals surface area contributed by atoms with E-state index in [0.717, 1.165) is 30.5 Å². The maximum Gasteiger partial charge on any atom is 0.194 e. The van der Waals surface area contributed by atoms with Gasteiger partial charge in [0.2, 0.25) is 0 Å². The van der Waals surface area contributed by atoms with Crippen LogP contribution in [0.25, 0.3) is 0 Å². The molecule has 1 atom stereocenters. The molecule has 3 aromatic carbocycles. The molecular formula is C28H22F6. The Balaban J connectivity index is 1.58. The first kappa shape index (κ1) is 23.9. The van der Waals surface area contributed by atoms with Gasteiger partial charge < -0.3 is 0 Å². The van der Waals surface area contributed by atoms with Gasteiger partial charge in [0.25, 0.3) is 0 Å². The van der Waals surface area contributed by atoms with Crippen LogP contribution in [0.2, 0.25) is 0 Å². The van der Waals surface area contributed by atoms with E-state index in [1.54, 1.807) is 6.07 Å². The molecule has 34 heavy (non-hydrogen) atoms. The highest BCUT2D eigenvalue weighted by molar-refractivity contribution is 5.48. The van der Waals surface area contributed by atoms with Crippen LogP contribution >= 0.6 is 0 Å². The quantitative estimate of drug-likeness (QED) is 0.209. The Kier molecular flexibility index (Phi) is 7.02. The minimum absolute atomic E-state index is 0.0278. The van der Waals surface area contributed by atoms with Gasteiger partial charge in [-0.3, -0.25) is 0 Å². The van der Waals surface area contributed by atoms with Crippen LogP contribution in [0.1, 0.15) is 65.5 Å². The van der Waals surface area contributed by atoms with E-state index in [0.29, 0.717) is 30.4 Å². The van der Waals surface area contributed by atoms with E-state index >= 15 is 0 Å². The molecule has 3 aromatic rings. The minimum Gasteiger partial charge on any atom is -0.207 e. The average Bonchev–Trinajstić information content (AvgIpc) is 2.79. The molecular weight excluding hydrogens is 450 g/mol. The van der Waals surface area contributed by atoms with Gasteiger partial charge >= 0.3 is 0 Å². The number of rotatable bonds is 4. The molecule has 0 saturated heterocycles. The first-order valence-electron chi connectivity index (χ1n) is 11.2. The number of fused-ring (bicyclic) bond motifs is 1. The molecule has 1 aliphatic carbocycles. The van der Waals surface area contributed by atoms with Gasteiger partial charge in [-0.2, -0.15) is 0 Å². The van der Waals surface area contributed by atoms with Crippen molar-refractivity contribution in [3.8, 4) is 11.8 Å². The smallest absolute Gasteiger partial charge is 0.194 e. The van der Waals surface area contributed by atoms with Gasteiger partial charge in [-0.15, -0.1) is 0 Å². The van der Waals surface area contributed by atoms with E-state index in [9.17, 15) is 26.3 Å². The Morgan fingerprint density at radius 2 is 1.44 bits per heavy atom. The third kappa shape index (κ3) is 4.99. The molecule has 0 aliphatic heterocycles. The first-order valence-corrected chi connectivity index (χ1v) is 11.2. The number of benzene rings is 3. The first-order chi connectivity index (χ1) is 16.3. The normalized spacial score (nSPS) is 15.0. The maximum atomic E-state index is 14.8. The van der Waals surface area contributed by atoms with Gasteiger partial charge in [0.1, 0.15) is 17.5 Å². The molecule has 0 aromatic heterocycles. The van der Waals surface area contributed by atoms with E-state index in [1.165, 1.54) is 18.2 Å². The van der Waals surface area contributed by atoms with Gasteiger partial charge in [0.15, 0.2) is 17.5 Å². The Morgan fingerprint density at radius 3 is 2.09 bits per heavy atom. The predicted molar refractivity (Wildman–Crippen MR) is 118 cm³/mol. The van der Waals surface area contributed by atoms with Gasteiger partial charge in [-0.25, -0.2) is 26.3 Å². The summed E-state index contributed by atoms with van der Waals surface area (Å²) in [5, 5.41) is 0. The van der Waals surface area contributed by atoms with Crippen LogP contribution in [0.4, 0.5) is 26.3 Å². The molecule has 0 nitrogen and oxygen atoms in total. The van der Waals surface area contributed by atoms with Crippen LogP contribution < -0.4 is 0 Å². The largest absolute Gasteiger partial charge is 0.207 e. The van der Waals surface area contributed by atoms with Gasteiger partial charge in [-0.1, -0.05) is 25.2 Å². The van der Waals surface area contributed by atoms with Crippen molar-refractivity contribution in [3.63, 3.8) is 0 Å². The molecule has 176 valence electrons. The Hall–Kier alpha value is -3.20. The van der Waals surface area contributed by atoms with Gasteiger partial charge in [0, 0.05) is 11.1 Å². The summed E-state index contributed by atoms with van der Waals surface area (Å²) in [5.41, 5.74) is 2.02. The average molecular weight is 472 g/mol. The van der Waals surface area contributed by atoms with E-state index in [2.05, 4.69) is 11.8 Å². The second-order valence-electron chi connectivity index (χ2n) is 8.62. The van der Waals surface area contributed by atoms with Gasteiger partial charge in [0.05, 0.1) is 5.56 Å². The third-order valence-corrected chi connectivity index (χ3v) is 6.21. The molecule has 6 heteroatoms. The van der Waals surface area contributed by atoms with Crippen molar-refractivity contribution in [2.45, 2.75) is 51.4 Å². The lowest BCUT2D eigenvalue weighted by molar-refractivity contribution is 0.446. The fraction of sp³-hybridized carbons (Fsp3) is 0.286. The van der Waals surface area contributed by atoms with Crippen molar-refractivity contribution < 1.29 is 26.3 Å². The molecule has 0 amide bonds. The topological polar surface area (TPSA) is 0 Å². The number of halogens is 6. The van der Waals surface area contributed by atoms with E-state index < -0.39 is 40.8 Å². The molecule has 0 bridgehead atoms. The highest BCUT2D eigenvalue weighted by atomic mass is 19.2. The summed E-state index contributed by atoms with van der Waals surface area (Å²) in [6.07, 6.45) is 3.65. The summed E-state index contributed by atoms with van der Waals surface area (Å²) < 4.78 is 84.1. The molecule has 1 aliphatic rings. The summed E-state index contributed by atoms with van der Waals surface area (Å²) in [6.45, 7) is 2.01. The second-order valence-corrected chi connectivity index (χ2v) is 8.62. The molecule has 0 saturated carbocycles. The van der Waals surface area contributed by atoms with Crippen molar-refractivity contribution in [1.82, 2.24) is 0 Å². The maximum absolute atomic E-state index is 14.8. The summed E-state index contributed by atoms with van der Waals surface area (Å²) in [5.74, 6) is -1.55. The highest BCUT2D eigenvalue weighted by Crippen LogP contribution is 2.36. The van der Waals surface area contributed by atoms with Crippen molar-refractivity contribution in [2.24, 2.45) is 0 Å². The van der Waals surface area contributed by atoms with Crippen LogP contribution in [-0.4, -0.2) is 0 Å². The minimum atomic E-state index is -1.59. The molecule has 1 unspecified atom stereocenters. The van der Waals surface area contributed by atoms with Crippen molar-refractivity contribution in [2.75, 3.05) is 0 Å². The molecule has 0 radical (unpaired) electrons. The fourth-order valence-corrected chi connectivity index (χ4v) is 4.44. The molecule has 4 rings (SSSR count). The lowest BCUT2D eigenvalue weighted by atomic mass is 9.79. The van der Waals surface area contributed by atoms with E-state index in [-0.39, 0.29) is 23.1 Å². The van der Waals surface area contributed by atoms with Crippen LogP contribution in [0, 0.1) is 46.7 Å². The van der Waals surface area contributed by atoms with Gasteiger partial charge in [-0.05, 0) is 91.1 Å². The van der Waals surface area contributed by atoms with Crippen molar-refractivity contribution >= 4 is 0 Å². The lowest BCUT2D eigenvalue weighted by Gasteiger charge is -2.26. The molecule has 0 N–H and O–H groups in total. The zero-order chi connectivity index (χ0) is 24.4.